The van der Waals surface area contributed by atoms with Crippen molar-refractivity contribution in [3.8, 4) is 0 Å². The molecule has 1 aliphatic heterocycles. The predicted octanol–water partition coefficient (Wildman–Crippen LogP) is 3.15. The molecule has 0 aromatic heterocycles. The van der Waals surface area contributed by atoms with Gasteiger partial charge in [-0.25, -0.2) is 0 Å². The van der Waals surface area contributed by atoms with Crippen LogP contribution in [0.4, 0.5) is 0 Å². The Kier molecular flexibility index (Phi) is 3.28. The number of carbonyl (C=O) groups excluding carboxylic acids is 1. The Morgan fingerprint density at radius 1 is 1.38 bits per heavy atom. The van der Waals surface area contributed by atoms with Crippen LogP contribution in [0.5, 0.6) is 0 Å². The molecule has 1 aromatic rings. The number of carbonyl (C=O) groups is 1. The normalized spacial score (nSPS) is 21.9. The van der Waals surface area contributed by atoms with Gasteiger partial charge in [-0.3, -0.25) is 4.79 Å². The zero-order valence-corrected chi connectivity index (χ0v) is 9.99. The van der Waals surface area contributed by atoms with Crippen LogP contribution >= 0.6 is 0 Å². The largest absolute Gasteiger partial charge is 0.349 e. The van der Waals surface area contributed by atoms with Crippen LogP contribution in [-0.4, -0.2) is 5.91 Å². The highest BCUT2D eigenvalue weighted by molar-refractivity contribution is 5.78. The van der Waals surface area contributed by atoms with E-state index in [2.05, 4.69) is 43.4 Å². The van der Waals surface area contributed by atoms with Crippen molar-refractivity contribution in [1.82, 2.24) is 5.32 Å². The molecule has 2 heteroatoms. The Balaban J connectivity index is 2.10. The second-order valence-electron chi connectivity index (χ2n) is 4.63. The lowest BCUT2D eigenvalue weighted by molar-refractivity contribution is -0.119. The first kappa shape index (κ1) is 11.2. The fourth-order valence-electron chi connectivity index (χ4n) is 2.16. The highest BCUT2D eigenvalue weighted by atomic mass is 16.1. The molecule has 1 aliphatic rings. The minimum atomic E-state index is 0.177. The van der Waals surface area contributed by atoms with Crippen LogP contribution in [0.2, 0.25) is 0 Å². The fraction of sp³-hybridized carbons (Fsp3) is 0.500. The van der Waals surface area contributed by atoms with Crippen LogP contribution < -0.4 is 5.32 Å². The van der Waals surface area contributed by atoms with Crippen LogP contribution in [0.25, 0.3) is 0 Å². The lowest BCUT2D eigenvalue weighted by Gasteiger charge is -2.13. The van der Waals surface area contributed by atoms with Crippen molar-refractivity contribution < 1.29 is 4.79 Å². The maximum absolute atomic E-state index is 11.1. The SMILES string of the molecule is CCC(C)c1ccc(C2CCC(=O)N2)cc1. The molecule has 0 aliphatic carbocycles. The van der Waals surface area contributed by atoms with Gasteiger partial charge in [-0.1, -0.05) is 38.1 Å². The van der Waals surface area contributed by atoms with Gasteiger partial charge in [0.1, 0.15) is 0 Å². The minimum Gasteiger partial charge on any atom is -0.349 e. The summed E-state index contributed by atoms with van der Waals surface area (Å²) in [6.45, 7) is 4.45. The maximum atomic E-state index is 11.1. The number of rotatable bonds is 3. The van der Waals surface area contributed by atoms with Crippen molar-refractivity contribution in [2.75, 3.05) is 0 Å². The van der Waals surface area contributed by atoms with Gasteiger partial charge in [-0.05, 0) is 29.9 Å². The molecule has 0 spiro atoms. The Morgan fingerprint density at radius 2 is 2.06 bits per heavy atom. The highest BCUT2D eigenvalue weighted by Gasteiger charge is 2.21. The van der Waals surface area contributed by atoms with E-state index in [-0.39, 0.29) is 11.9 Å². The van der Waals surface area contributed by atoms with Gasteiger partial charge in [-0.15, -0.1) is 0 Å². The first-order valence-corrected chi connectivity index (χ1v) is 6.10. The van der Waals surface area contributed by atoms with Crippen molar-refractivity contribution in [2.45, 2.75) is 45.1 Å². The standard InChI is InChI=1S/C14H19NO/c1-3-10(2)11-4-6-12(7-5-11)13-8-9-14(16)15-13/h4-7,10,13H,3,8-9H2,1-2H3,(H,15,16). The van der Waals surface area contributed by atoms with Gasteiger partial charge in [0, 0.05) is 6.42 Å². The van der Waals surface area contributed by atoms with Crippen LogP contribution in [0.15, 0.2) is 24.3 Å². The van der Waals surface area contributed by atoms with E-state index in [1.165, 1.54) is 17.5 Å². The van der Waals surface area contributed by atoms with E-state index in [1.807, 2.05) is 0 Å². The van der Waals surface area contributed by atoms with E-state index < -0.39 is 0 Å². The third-order valence-electron chi connectivity index (χ3n) is 3.52. The Morgan fingerprint density at radius 3 is 2.56 bits per heavy atom. The quantitative estimate of drug-likeness (QED) is 0.828. The van der Waals surface area contributed by atoms with Gasteiger partial charge < -0.3 is 5.32 Å². The third-order valence-corrected chi connectivity index (χ3v) is 3.52. The van der Waals surface area contributed by atoms with E-state index in [9.17, 15) is 4.79 Å². The van der Waals surface area contributed by atoms with Gasteiger partial charge in [0.05, 0.1) is 6.04 Å². The van der Waals surface area contributed by atoms with Crippen molar-refractivity contribution >= 4 is 5.91 Å². The lowest BCUT2D eigenvalue weighted by Crippen LogP contribution is -2.18. The van der Waals surface area contributed by atoms with E-state index in [1.54, 1.807) is 0 Å². The molecule has 2 nitrogen and oxygen atoms in total. The molecule has 16 heavy (non-hydrogen) atoms. The van der Waals surface area contributed by atoms with Crippen LogP contribution in [0.1, 0.15) is 56.2 Å². The van der Waals surface area contributed by atoms with E-state index in [4.69, 9.17) is 0 Å². The van der Waals surface area contributed by atoms with E-state index in [0.717, 1.165) is 6.42 Å². The molecule has 86 valence electrons. The molecule has 1 amide bonds. The minimum absolute atomic E-state index is 0.177. The van der Waals surface area contributed by atoms with Crippen molar-refractivity contribution in [2.24, 2.45) is 0 Å². The second kappa shape index (κ2) is 4.69. The van der Waals surface area contributed by atoms with Gasteiger partial charge in [0.15, 0.2) is 0 Å². The molecular formula is C14H19NO. The lowest BCUT2D eigenvalue weighted by atomic mass is 9.96. The monoisotopic (exact) mass is 217 g/mol. The van der Waals surface area contributed by atoms with Gasteiger partial charge in [0.2, 0.25) is 5.91 Å². The number of amides is 1. The molecular weight excluding hydrogens is 198 g/mol. The molecule has 0 bridgehead atoms. The molecule has 2 rings (SSSR count). The average molecular weight is 217 g/mol. The smallest absolute Gasteiger partial charge is 0.220 e. The topological polar surface area (TPSA) is 29.1 Å². The molecule has 1 N–H and O–H groups in total. The number of nitrogens with one attached hydrogen (secondary N) is 1. The summed E-state index contributed by atoms with van der Waals surface area (Å²) in [4.78, 5) is 11.1. The fourth-order valence-corrected chi connectivity index (χ4v) is 2.16. The first-order valence-electron chi connectivity index (χ1n) is 6.10. The van der Waals surface area contributed by atoms with Crippen molar-refractivity contribution in [3.05, 3.63) is 35.4 Å². The Hall–Kier alpha value is -1.31. The summed E-state index contributed by atoms with van der Waals surface area (Å²) < 4.78 is 0. The first-order chi connectivity index (χ1) is 7.70. The molecule has 2 unspecified atom stereocenters. The van der Waals surface area contributed by atoms with Crippen LogP contribution in [-0.2, 0) is 4.79 Å². The average Bonchev–Trinajstić information content (AvgIpc) is 2.75. The Labute approximate surface area is 97.1 Å². The summed E-state index contributed by atoms with van der Waals surface area (Å²) in [6, 6.07) is 8.91. The predicted molar refractivity (Wildman–Crippen MR) is 65.3 cm³/mol. The summed E-state index contributed by atoms with van der Waals surface area (Å²) in [7, 11) is 0. The summed E-state index contributed by atoms with van der Waals surface area (Å²) in [5.74, 6) is 0.795. The van der Waals surface area contributed by atoms with Crippen LogP contribution in [0.3, 0.4) is 0 Å². The van der Waals surface area contributed by atoms with Gasteiger partial charge >= 0.3 is 0 Å². The molecule has 2 atom stereocenters. The van der Waals surface area contributed by atoms with Crippen molar-refractivity contribution in [3.63, 3.8) is 0 Å². The van der Waals surface area contributed by atoms with Gasteiger partial charge in [-0.2, -0.15) is 0 Å². The summed E-state index contributed by atoms with van der Waals surface area (Å²) in [5, 5.41) is 2.99. The molecule has 1 aromatic carbocycles. The zero-order chi connectivity index (χ0) is 11.5. The third kappa shape index (κ3) is 2.26. The highest BCUT2D eigenvalue weighted by Crippen LogP contribution is 2.26. The number of hydrogen-bond acceptors (Lipinski definition) is 1. The molecule has 1 fully saturated rings. The van der Waals surface area contributed by atoms with Crippen LogP contribution in [0, 0.1) is 0 Å². The summed E-state index contributed by atoms with van der Waals surface area (Å²) in [5.41, 5.74) is 2.62. The Bertz CT molecular complexity index is 369. The maximum Gasteiger partial charge on any atom is 0.220 e. The van der Waals surface area contributed by atoms with E-state index in [0.29, 0.717) is 12.3 Å². The number of hydrogen-bond donors (Lipinski definition) is 1. The molecule has 1 heterocycles. The zero-order valence-electron chi connectivity index (χ0n) is 9.99. The number of benzene rings is 1. The van der Waals surface area contributed by atoms with Gasteiger partial charge in [0.25, 0.3) is 0 Å². The molecule has 1 saturated heterocycles. The summed E-state index contributed by atoms with van der Waals surface area (Å²) >= 11 is 0. The van der Waals surface area contributed by atoms with E-state index >= 15 is 0 Å². The molecule has 0 saturated carbocycles. The molecule has 0 radical (unpaired) electrons. The van der Waals surface area contributed by atoms with Crippen molar-refractivity contribution in [1.29, 1.82) is 0 Å². The second-order valence-corrected chi connectivity index (χ2v) is 4.63. The summed E-state index contributed by atoms with van der Waals surface area (Å²) in [6.07, 6.45) is 2.76.